The zero-order valence-electron chi connectivity index (χ0n) is 8.95. The van der Waals surface area contributed by atoms with Gasteiger partial charge in [-0.05, 0) is 12.5 Å². The fourth-order valence-corrected chi connectivity index (χ4v) is 1.30. The lowest BCUT2D eigenvalue weighted by atomic mass is 9.93. The van der Waals surface area contributed by atoms with E-state index in [9.17, 15) is 23.1 Å². The molecule has 0 spiro atoms. The molecule has 1 aromatic rings. The maximum absolute atomic E-state index is 12.5. The molecule has 0 aliphatic heterocycles. The molecule has 0 radical (unpaired) electrons. The van der Waals surface area contributed by atoms with Gasteiger partial charge in [-0.2, -0.15) is 13.2 Å². The van der Waals surface area contributed by atoms with Crippen molar-refractivity contribution in [3.8, 4) is 0 Å². The van der Waals surface area contributed by atoms with Gasteiger partial charge >= 0.3 is 12.1 Å². The Morgan fingerprint density at radius 2 is 1.71 bits per heavy atom. The van der Waals surface area contributed by atoms with Gasteiger partial charge in [0.1, 0.15) is 0 Å². The summed E-state index contributed by atoms with van der Waals surface area (Å²) in [5.74, 6) is -2.30. The second-order valence-electron chi connectivity index (χ2n) is 3.83. The highest BCUT2D eigenvalue weighted by Crippen LogP contribution is 2.33. The van der Waals surface area contributed by atoms with Gasteiger partial charge in [0.2, 0.25) is 0 Å². The van der Waals surface area contributed by atoms with Gasteiger partial charge in [0.15, 0.2) is 0 Å². The van der Waals surface area contributed by atoms with Crippen LogP contribution in [0.3, 0.4) is 0 Å². The number of aliphatic hydroxyl groups is 1. The number of hydrogen-bond acceptors (Lipinski definition) is 2. The molecule has 1 unspecified atom stereocenters. The average Bonchev–Trinajstić information content (AvgIpc) is 2.19. The Hall–Kier alpha value is -1.56. The summed E-state index contributed by atoms with van der Waals surface area (Å²) in [6.45, 7) is 1.75. The molecule has 2 N–H and O–H groups in total. The fourth-order valence-electron chi connectivity index (χ4n) is 1.30. The van der Waals surface area contributed by atoms with Crippen molar-refractivity contribution < 1.29 is 28.2 Å². The molecule has 0 heterocycles. The van der Waals surface area contributed by atoms with Crippen LogP contribution in [0.25, 0.3) is 0 Å². The lowest BCUT2D eigenvalue weighted by Gasteiger charge is -2.26. The van der Waals surface area contributed by atoms with E-state index in [1.54, 1.807) is 19.1 Å². The summed E-state index contributed by atoms with van der Waals surface area (Å²) in [7, 11) is 0. The van der Waals surface area contributed by atoms with Crippen molar-refractivity contribution in [2.24, 2.45) is 0 Å². The second kappa shape index (κ2) is 4.37. The maximum atomic E-state index is 12.5. The van der Waals surface area contributed by atoms with Gasteiger partial charge < -0.3 is 10.2 Å². The first-order valence-corrected chi connectivity index (χ1v) is 4.75. The molecule has 1 rings (SSSR count). The molecule has 1 aromatic carbocycles. The van der Waals surface area contributed by atoms with E-state index >= 15 is 0 Å². The Bertz CT molecular complexity index is 411. The minimum Gasteiger partial charge on any atom is -0.479 e. The monoisotopic (exact) mass is 248 g/mol. The number of benzene rings is 1. The molecule has 1 atom stereocenters. The van der Waals surface area contributed by atoms with E-state index in [1.165, 1.54) is 12.1 Å². The van der Waals surface area contributed by atoms with Crippen molar-refractivity contribution in [1.29, 1.82) is 0 Å². The van der Waals surface area contributed by atoms with E-state index < -0.39 is 24.2 Å². The third kappa shape index (κ3) is 2.76. The third-order valence-electron chi connectivity index (χ3n) is 2.40. The van der Waals surface area contributed by atoms with Crippen LogP contribution in [0.4, 0.5) is 13.2 Å². The van der Waals surface area contributed by atoms with Crippen molar-refractivity contribution in [3.05, 3.63) is 35.4 Å². The zero-order valence-corrected chi connectivity index (χ0v) is 8.95. The van der Waals surface area contributed by atoms with Crippen LogP contribution in [-0.4, -0.2) is 28.0 Å². The Kier molecular flexibility index (Phi) is 3.47. The van der Waals surface area contributed by atoms with Crippen LogP contribution in [0.15, 0.2) is 24.3 Å². The Balaban J connectivity index is 3.04. The molecule has 0 aliphatic rings. The first-order valence-electron chi connectivity index (χ1n) is 4.75. The number of rotatable bonds is 3. The van der Waals surface area contributed by atoms with Crippen molar-refractivity contribution in [3.63, 3.8) is 0 Å². The van der Waals surface area contributed by atoms with Gasteiger partial charge in [-0.15, -0.1) is 0 Å². The number of alkyl halides is 3. The zero-order chi connectivity index (χ0) is 13.3. The van der Waals surface area contributed by atoms with Gasteiger partial charge in [0, 0.05) is 6.42 Å². The summed E-state index contributed by atoms with van der Waals surface area (Å²) >= 11 is 0. The Morgan fingerprint density at radius 3 is 2.06 bits per heavy atom. The van der Waals surface area contributed by atoms with E-state index in [1.807, 2.05) is 0 Å². The fraction of sp³-hybridized carbons (Fsp3) is 0.364. The normalized spacial score (nSPS) is 15.4. The summed E-state index contributed by atoms with van der Waals surface area (Å²) in [5, 5.41) is 17.7. The molecule has 0 amide bonds. The molecule has 6 heteroatoms. The predicted octanol–water partition coefficient (Wildman–Crippen LogP) is 1.92. The second-order valence-corrected chi connectivity index (χ2v) is 3.83. The molecule has 0 aliphatic carbocycles. The summed E-state index contributed by atoms with van der Waals surface area (Å²) in [6.07, 6.45) is -6.23. The summed E-state index contributed by atoms with van der Waals surface area (Å²) < 4.78 is 37.5. The van der Waals surface area contributed by atoms with Crippen LogP contribution in [-0.2, 0) is 11.2 Å². The van der Waals surface area contributed by atoms with Crippen molar-refractivity contribution in [1.82, 2.24) is 0 Å². The standard InChI is InChI=1S/C11H11F3O3/c1-7-2-4-8(5-3-7)6-10(17,9(15)16)11(12,13)14/h2-5,17H,6H2,1H3,(H,15,16). The third-order valence-corrected chi connectivity index (χ3v) is 2.40. The number of carboxylic acids is 1. The number of aliphatic carboxylic acids is 1. The van der Waals surface area contributed by atoms with Gasteiger partial charge in [-0.3, -0.25) is 0 Å². The van der Waals surface area contributed by atoms with Gasteiger partial charge in [0.25, 0.3) is 5.60 Å². The SMILES string of the molecule is Cc1ccc(CC(O)(C(=O)O)C(F)(F)F)cc1. The van der Waals surface area contributed by atoms with E-state index in [2.05, 4.69) is 0 Å². The highest BCUT2D eigenvalue weighted by molar-refractivity contribution is 5.78. The number of carboxylic acid groups (broad SMARTS) is 1. The van der Waals surface area contributed by atoms with Crippen LogP contribution in [0.2, 0.25) is 0 Å². The Labute approximate surface area is 95.5 Å². The van der Waals surface area contributed by atoms with Crippen molar-refractivity contribution in [2.45, 2.75) is 25.1 Å². The van der Waals surface area contributed by atoms with E-state index in [0.29, 0.717) is 0 Å². The lowest BCUT2D eigenvalue weighted by molar-refractivity contribution is -0.259. The van der Waals surface area contributed by atoms with Crippen molar-refractivity contribution in [2.75, 3.05) is 0 Å². The van der Waals surface area contributed by atoms with Crippen LogP contribution < -0.4 is 0 Å². The smallest absolute Gasteiger partial charge is 0.428 e. The average molecular weight is 248 g/mol. The highest BCUT2D eigenvalue weighted by atomic mass is 19.4. The van der Waals surface area contributed by atoms with Crippen LogP contribution in [0, 0.1) is 6.92 Å². The molecule has 0 aromatic heterocycles. The summed E-state index contributed by atoms with van der Waals surface area (Å²) in [4.78, 5) is 10.6. The van der Waals surface area contributed by atoms with Gasteiger partial charge in [-0.1, -0.05) is 29.8 Å². The maximum Gasteiger partial charge on any atom is 0.428 e. The molecular weight excluding hydrogens is 237 g/mol. The van der Waals surface area contributed by atoms with Gasteiger partial charge in [0.05, 0.1) is 0 Å². The highest BCUT2D eigenvalue weighted by Gasteiger charge is 2.59. The molecule has 0 bridgehead atoms. The first kappa shape index (κ1) is 13.5. The minimum absolute atomic E-state index is 0.109. The molecule has 17 heavy (non-hydrogen) atoms. The number of hydrogen-bond donors (Lipinski definition) is 2. The van der Waals surface area contributed by atoms with Crippen LogP contribution >= 0.6 is 0 Å². The van der Waals surface area contributed by atoms with Crippen molar-refractivity contribution >= 4 is 5.97 Å². The Morgan fingerprint density at radius 1 is 1.24 bits per heavy atom. The van der Waals surface area contributed by atoms with Crippen LogP contribution in [0.5, 0.6) is 0 Å². The molecule has 0 fully saturated rings. The largest absolute Gasteiger partial charge is 0.479 e. The molecule has 0 saturated heterocycles. The molecule has 94 valence electrons. The number of aryl methyl sites for hydroxylation is 1. The van der Waals surface area contributed by atoms with E-state index in [4.69, 9.17) is 5.11 Å². The molecule has 3 nitrogen and oxygen atoms in total. The van der Waals surface area contributed by atoms with Gasteiger partial charge in [-0.25, -0.2) is 4.79 Å². The topological polar surface area (TPSA) is 57.5 Å². The molecular formula is C11H11F3O3. The quantitative estimate of drug-likeness (QED) is 0.859. The lowest BCUT2D eigenvalue weighted by Crippen LogP contribution is -2.53. The first-order chi connectivity index (χ1) is 7.67. The van der Waals surface area contributed by atoms with Crippen LogP contribution in [0.1, 0.15) is 11.1 Å². The predicted molar refractivity (Wildman–Crippen MR) is 53.5 cm³/mol. The summed E-state index contributed by atoms with van der Waals surface area (Å²) in [5.41, 5.74) is -2.81. The minimum atomic E-state index is -5.22. The molecule has 0 saturated carbocycles. The number of carbonyl (C=O) groups is 1. The van der Waals surface area contributed by atoms with E-state index in [-0.39, 0.29) is 5.56 Å². The summed E-state index contributed by atoms with van der Waals surface area (Å²) in [6, 6.07) is 5.81. The number of halogens is 3. The van der Waals surface area contributed by atoms with E-state index in [0.717, 1.165) is 5.56 Å².